The highest BCUT2D eigenvalue weighted by Gasteiger charge is 2.19. The fourth-order valence-corrected chi connectivity index (χ4v) is 3.31. The van der Waals surface area contributed by atoms with Crippen molar-refractivity contribution in [3.63, 3.8) is 0 Å². The molecule has 1 aromatic carbocycles. The van der Waals surface area contributed by atoms with Gasteiger partial charge in [-0.15, -0.1) is 0 Å². The first kappa shape index (κ1) is 17.6. The van der Waals surface area contributed by atoms with E-state index in [1.54, 1.807) is 24.3 Å². The SMILES string of the molecule is CC1CCN(C[C@@H](O)CNC(=O)c2c[nH]c(=O)c3ccccc23)CC1. The van der Waals surface area contributed by atoms with Crippen molar-refractivity contribution < 1.29 is 9.90 Å². The molecule has 2 aromatic rings. The van der Waals surface area contributed by atoms with Gasteiger partial charge in [0.2, 0.25) is 0 Å². The van der Waals surface area contributed by atoms with Gasteiger partial charge < -0.3 is 20.3 Å². The summed E-state index contributed by atoms with van der Waals surface area (Å²) in [6, 6.07) is 7.01. The molecule has 2 heterocycles. The molecule has 0 unspecified atom stereocenters. The Balaban J connectivity index is 1.59. The van der Waals surface area contributed by atoms with Crippen molar-refractivity contribution in [1.82, 2.24) is 15.2 Å². The summed E-state index contributed by atoms with van der Waals surface area (Å²) in [5.74, 6) is 0.459. The molecule has 134 valence electrons. The maximum atomic E-state index is 12.5. The third-order valence-electron chi connectivity index (χ3n) is 4.90. The van der Waals surface area contributed by atoms with Crippen LogP contribution in [-0.4, -0.2) is 53.2 Å². The third-order valence-corrected chi connectivity index (χ3v) is 4.90. The summed E-state index contributed by atoms with van der Waals surface area (Å²) in [6.07, 6.45) is 3.13. The van der Waals surface area contributed by atoms with E-state index in [-0.39, 0.29) is 18.0 Å². The quantitative estimate of drug-likeness (QED) is 0.765. The lowest BCUT2D eigenvalue weighted by Gasteiger charge is -2.31. The van der Waals surface area contributed by atoms with Crippen molar-refractivity contribution in [1.29, 1.82) is 0 Å². The molecular formula is C19H25N3O3. The lowest BCUT2D eigenvalue weighted by Crippen LogP contribution is -2.43. The molecule has 0 saturated carbocycles. The van der Waals surface area contributed by atoms with Gasteiger partial charge in [0.25, 0.3) is 11.5 Å². The van der Waals surface area contributed by atoms with Crippen LogP contribution in [0.1, 0.15) is 30.1 Å². The monoisotopic (exact) mass is 343 g/mol. The fraction of sp³-hybridized carbons (Fsp3) is 0.474. The van der Waals surface area contributed by atoms with Crippen LogP contribution in [0.2, 0.25) is 0 Å². The molecule has 6 heteroatoms. The first-order valence-electron chi connectivity index (χ1n) is 8.83. The number of amides is 1. The number of hydrogen-bond acceptors (Lipinski definition) is 4. The number of benzene rings is 1. The Kier molecular flexibility index (Phi) is 5.50. The molecule has 6 nitrogen and oxygen atoms in total. The van der Waals surface area contributed by atoms with Gasteiger partial charge in [0.05, 0.1) is 11.7 Å². The highest BCUT2D eigenvalue weighted by molar-refractivity contribution is 6.06. The Morgan fingerprint density at radius 2 is 2.00 bits per heavy atom. The molecule has 1 amide bonds. The number of rotatable bonds is 5. The Hall–Kier alpha value is -2.18. The number of carbonyl (C=O) groups excluding carboxylic acids is 1. The fourth-order valence-electron chi connectivity index (χ4n) is 3.31. The Morgan fingerprint density at radius 1 is 1.32 bits per heavy atom. The minimum Gasteiger partial charge on any atom is -0.390 e. The number of fused-ring (bicyclic) bond motifs is 1. The number of aromatic amines is 1. The highest BCUT2D eigenvalue weighted by Crippen LogP contribution is 2.16. The number of β-amino-alcohol motifs (C(OH)–C–C–N with tert-alkyl or cyclic N) is 1. The van der Waals surface area contributed by atoms with E-state index in [9.17, 15) is 14.7 Å². The zero-order chi connectivity index (χ0) is 17.8. The molecule has 1 aliphatic rings. The van der Waals surface area contributed by atoms with Gasteiger partial charge >= 0.3 is 0 Å². The van der Waals surface area contributed by atoms with E-state index in [2.05, 4.69) is 22.1 Å². The zero-order valence-electron chi connectivity index (χ0n) is 14.5. The van der Waals surface area contributed by atoms with Crippen molar-refractivity contribution in [3.8, 4) is 0 Å². The summed E-state index contributed by atoms with van der Waals surface area (Å²) in [7, 11) is 0. The van der Waals surface area contributed by atoms with Crippen molar-refractivity contribution >= 4 is 16.7 Å². The van der Waals surface area contributed by atoms with Gasteiger partial charge in [-0.25, -0.2) is 0 Å². The molecule has 25 heavy (non-hydrogen) atoms. The van der Waals surface area contributed by atoms with Gasteiger partial charge in [0, 0.05) is 30.1 Å². The number of carbonyl (C=O) groups is 1. The molecule has 1 fully saturated rings. The number of aliphatic hydroxyl groups is 1. The van der Waals surface area contributed by atoms with Gasteiger partial charge in [-0.2, -0.15) is 0 Å². The average molecular weight is 343 g/mol. The number of nitrogens with one attached hydrogen (secondary N) is 2. The number of aromatic nitrogens is 1. The first-order valence-corrected chi connectivity index (χ1v) is 8.83. The lowest BCUT2D eigenvalue weighted by atomic mass is 9.99. The molecule has 0 bridgehead atoms. The van der Waals surface area contributed by atoms with E-state index in [1.807, 2.05) is 0 Å². The highest BCUT2D eigenvalue weighted by atomic mass is 16.3. The molecule has 1 aliphatic heterocycles. The van der Waals surface area contributed by atoms with Crippen molar-refractivity contribution in [2.45, 2.75) is 25.9 Å². The van der Waals surface area contributed by atoms with Crippen molar-refractivity contribution in [2.75, 3.05) is 26.2 Å². The zero-order valence-corrected chi connectivity index (χ0v) is 14.5. The van der Waals surface area contributed by atoms with Crippen molar-refractivity contribution in [3.05, 3.63) is 46.4 Å². The van der Waals surface area contributed by atoms with Crippen LogP contribution in [0.3, 0.4) is 0 Å². The summed E-state index contributed by atoms with van der Waals surface area (Å²) in [5, 5.41) is 14.1. The Morgan fingerprint density at radius 3 is 2.72 bits per heavy atom. The van der Waals surface area contributed by atoms with Gasteiger partial charge in [-0.3, -0.25) is 9.59 Å². The van der Waals surface area contributed by atoms with E-state index in [1.165, 1.54) is 6.20 Å². The smallest absolute Gasteiger partial charge is 0.255 e. The van der Waals surface area contributed by atoms with E-state index >= 15 is 0 Å². The third kappa shape index (κ3) is 4.27. The average Bonchev–Trinajstić information content (AvgIpc) is 2.62. The lowest BCUT2D eigenvalue weighted by molar-refractivity contribution is 0.0796. The van der Waals surface area contributed by atoms with E-state index in [4.69, 9.17) is 0 Å². The number of nitrogens with zero attached hydrogens (tertiary/aromatic N) is 1. The summed E-state index contributed by atoms with van der Waals surface area (Å²) >= 11 is 0. The van der Waals surface area contributed by atoms with Gasteiger partial charge in [-0.1, -0.05) is 25.1 Å². The van der Waals surface area contributed by atoms with E-state index in [0.717, 1.165) is 31.8 Å². The van der Waals surface area contributed by atoms with Crippen LogP contribution >= 0.6 is 0 Å². The van der Waals surface area contributed by atoms with Crippen LogP contribution in [-0.2, 0) is 0 Å². The standard InChI is InChI=1S/C19H25N3O3/c1-13-6-8-22(9-7-13)12-14(23)10-20-19(25)17-11-21-18(24)16-5-3-2-4-15(16)17/h2-5,11,13-14,23H,6-10,12H2,1H3,(H,20,25)(H,21,24)/t14-/m0/s1. The molecule has 3 N–H and O–H groups in total. The molecular weight excluding hydrogens is 318 g/mol. The molecule has 0 aliphatic carbocycles. The minimum atomic E-state index is -0.605. The number of aliphatic hydroxyl groups excluding tert-OH is 1. The summed E-state index contributed by atoms with van der Waals surface area (Å²) in [6.45, 7) is 5.01. The van der Waals surface area contributed by atoms with Gasteiger partial charge in [-0.05, 0) is 37.9 Å². The van der Waals surface area contributed by atoms with Crippen LogP contribution < -0.4 is 10.9 Å². The number of H-pyrrole nitrogens is 1. The maximum absolute atomic E-state index is 12.5. The Bertz CT molecular complexity index is 794. The van der Waals surface area contributed by atoms with Crippen LogP contribution in [0.4, 0.5) is 0 Å². The second kappa shape index (κ2) is 7.80. The van der Waals surface area contributed by atoms with Gasteiger partial charge in [0.15, 0.2) is 0 Å². The predicted molar refractivity (Wildman–Crippen MR) is 97.7 cm³/mol. The molecule has 1 aromatic heterocycles. The number of pyridine rings is 1. The second-order valence-electron chi connectivity index (χ2n) is 6.92. The molecule has 0 spiro atoms. The van der Waals surface area contributed by atoms with E-state index < -0.39 is 6.10 Å². The number of hydrogen-bond donors (Lipinski definition) is 3. The Labute approximate surface area is 146 Å². The predicted octanol–water partition coefficient (Wildman–Crippen LogP) is 1.35. The largest absolute Gasteiger partial charge is 0.390 e. The normalized spacial score (nSPS) is 17.5. The topological polar surface area (TPSA) is 85.4 Å². The van der Waals surface area contributed by atoms with Gasteiger partial charge in [0.1, 0.15) is 0 Å². The second-order valence-corrected chi connectivity index (χ2v) is 6.92. The molecule has 3 rings (SSSR count). The molecule has 0 radical (unpaired) electrons. The van der Waals surface area contributed by atoms with Crippen LogP contribution in [0.25, 0.3) is 10.8 Å². The van der Waals surface area contributed by atoms with Crippen LogP contribution in [0.5, 0.6) is 0 Å². The van der Waals surface area contributed by atoms with Crippen molar-refractivity contribution in [2.24, 2.45) is 5.92 Å². The molecule has 1 saturated heterocycles. The number of piperidine rings is 1. The minimum absolute atomic E-state index is 0.193. The molecule has 1 atom stereocenters. The van der Waals surface area contributed by atoms with Crippen LogP contribution in [0, 0.1) is 5.92 Å². The number of likely N-dealkylation sites (tertiary alicyclic amines) is 1. The maximum Gasteiger partial charge on any atom is 0.255 e. The van der Waals surface area contributed by atoms with Crippen LogP contribution in [0.15, 0.2) is 35.3 Å². The van der Waals surface area contributed by atoms with E-state index in [0.29, 0.717) is 22.9 Å². The first-order chi connectivity index (χ1) is 12.0. The summed E-state index contributed by atoms with van der Waals surface area (Å²) in [5.41, 5.74) is 0.195. The summed E-state index contributed by atoms with van der Waals surface area (Å²) < 4.78 is 0. The summed E-state index contributed by atoms with van der Waals surface area (Å²) in [4.78, 5) is 29.1.